The molecule has 29 heavy (non-hydrogen) atoms. The Morgan fingerprint density at radius 2 is 2.03 bits per heavy atom. The van der Waals surface area contributed by atoms with Gasteiger partial charge in [-0.1, -0.05) is 12.1 Å². The summed E-state index contributed by atoms with van der Waals surface area (Å²) in [6.07, 6.45) is 1.59. The molecule has 1 N–H and O–H groups in total. The molecule has 4 rings (SSSR count). The first-order chi connectivity index (χ1) is 14.0. The SMILES string of the molecule is Cc1cccc(NC(=O)C2CSCN2C(=O)c2ccc(-c3ccco3)nc2C)c1. The Morgan fingerprint density at radius 3 is 2.76 bits per heavy atom. The number of hydrogen-bond acceptors (Lipinski definition) is 5. The van der Waals surface area contributed by atoms with Crippen molar-refractivity contribution in [3.63, 3.8) is 0 Å². The van der Waals surface area contributed by atoms with Crippen LogP contribution >= 0.6 is 11.8 Å². The van der Waals surface area contributed by atoms with Gasteiger partial charge in [-0.3, -0.25) is 9.59 Å². The molecule has 1 unspecified atom stereocenters. The summed E-state index contributed by atoms with van der Waals surface area (Å²) in [5.41, 5.74) is 3.58. The molecule has 2 amide bonds. The molecule has 148 valence electrons. The number of furan rings is 1. The summed E-state index contributed by atoms with van der Waals surface area (Å²) in [4.78, 5) is 32.1. The Morgan fingerprint density at radius 1 is 1.17 bits per heavy atom. The molecule has 1 aliphatic rings. The van der Waals surface area contributed by atoms with Gasteiger partial charge in [-0.15, -0.1) is 11.8 Å². The van der Waals surface area contributed by atoms with Crippen LogP contribution < -0.4 is 5.32 Å². The molecule has 1 aliphatic heterocycles. The fourth-order valence-corrected chi connectivity index (χ4v) is 4.47. The predicted octanol–water partition coefficient (Wildman–Crippen LogP) is 4.11. The van der Waals surface area contributed by atoms with Crippen molar-refractivity contribution in [2.75, 3.05) is 16.9 Å². The van der Waals surface area contributed by atoms with Gasteiger partial charge in [0, 0.05) is 11.4 Å². The summed E-state index contributed by atoms with van der Waals surface area (Å²) in [5.74, 6) is 1.34. The van der Waals surface area contributed by atoms with Crippen LogP contribution in [0, 0.1) is 13.8 Å². The number of hydrogen-bond donors (Lipinski definition) is 1. The molecule has 0 aliphatic carbocycles. The lowest BCUT2D eigenvalue weighted by Crippen LogP contribution is -2.44. The Labute approximate surface area is 173 Å². The van der Waals surface area contributed by atoms with Crippen LogP contribution in [0.25, 0.3) is 11.5 Å². The van der Waals surface area contributed by atoms with Gasteiger partial charge in [-0.2, -0.15) is 0 Å². The topological polar surface area (TPSA) is 75.4 Å². The lowest BCUT2D eigenvalue weighted by Gasteiger charge is -2.23. The van der Waals surface area contributed by atoms with Crippen LogP contribution in [0.4, 0.5) is 5.69 Å². The van der Waals surface area contributed by atoms with Gasteiger partial charge in [-0.05, 0) is 55.8 Å². The predicted molar refractivity (Wildman–Crippen MR) is 114 cm³/mol. The Bertz CT molecular complexity index is 1050. The van der Waals surface area contributed by atoms with Crippen LogP contribution in [0.1, 0.15) is 21.6 Å². The van der Waals surface area contributed by atoms with Gasteiger partial charge in [0.1, 0.15) is 11.7 Å². The normalized spacial score (nSPS) is 16.1. The third-order valence-electron chi connectivity index (χ3n) is 4.82. The van der Waals surface area contributed by atoms with E-state index in [9.17, 15) is 9.59 Å². The number of aromatic nitrogens is 1. The lowest BCUT2D eigenvalue weighted by atomic mass is 10.1. The molecule has 6 nitrogen and oxygen atoms in total. The highest BCUT2D eigenvalue weighted by atomic mass is 32.2. The maximum atomic E-state index is 13.2. The van der Waals surface area contributed by atoms with Gasteiger partial charge < -0.3 is 14.6 Å². The molecular formula is C22H21N3O3S. The van der Waals surface area contributed by atoms with Gasteiger partial charge in [0.25, 0.3) is 5.91 Å². The largest absolute Gasteiger partial charge is 0.463 e. The second-order valence-electron chi connectivity index (χ2n) is 6.96. The molecule has 1 saturated heterocycles. The van der Waals surface area contributed by atoms with E-state index in [0.29, 0.717) is 34.3 Å². The van der Waals surface area contributed by atoms with E-state index in [1.165, 1.54) is 0 Å². The Hall–Kier alpha value is -3.06. The molecule has 0 radical (unpaired) electrons. The monoisotopic (exact) mass is 407 g/mol. The smallest absolute Gasteiger partial charge is 0.257 e. The average Bonchev–Trinajstić information content (AvgIpc) is 3.39. The Balaban J connectivity index is 1.52. The molecule has 1 fully saturated rings. The number of carbonyl (C=O) groups is 2. The van der Waals surface area contributed by atoms with E-state index >= 15 is 0 Å². The van der Waals surface area contributed by atoms with Crippen molar-refractivity contribution in [3.05, 3.63) is 71.6 Å². The Kier molecular flexibility index (Phi) is 5.40. The van der Waals surface area contributed by atoms with Crippen molar-refractivity contribution >= 4 is 29.3 Å². The number of benzene rings is 1. The van der Waals surface area contributed by atoms with Crippen molar-refractivity contribution in [1.82, 2.24) is 9.88 Å². The molecule has 3 aromatic rings. The van der Waals surface area contributed by atoms with Crippen LogP contribution in [0.15, 0.2) is 59.2 Å². The summed E-state index contributed by atoms with van der Waals surface area (Å²) in [7, 11) is 0. The van der Waals surface area contributed by atoms with Crippen molar-refractivity contribution in [3.8, 4) is 11.5 Å². The van der Waals surface area contributed by atoms with E-state index in [2.05, 4.69) is 10.3 Å². The minimum absolute atomic E-state index is 0.174. The first-order valence-electron chi connectivity index (χ1n) is 9.30. The van der Waals surface area contributed by atoms with Gasteiger partial charge in [0.15, 0.2) is 5.76 Å². The maximum Gasteiger partial charge on any atom is 0.257 e. The van der Waals surface area contributed by atoms with Crippen LogP contribution in [0.3, 0.4) is 0 Å². The highest BCUT2D eigenvalue weighted by Gasteiger charge is 2.35. The number of carbonyl (C=O) groups excluding carboxylic acids is 2. The first kappa shape index (κ1) is 19.3. The first-order valence-corrected chi connectivity index (χ1v) is 10.5. The molecule has 3 heterocycles. The van der Waals surface area contributed by atoms with E-state index in [1.54, 1.807) is 48.0 Å². The lowest BCUT2D eigenvalue weighted by molar-refractivity contribution is -0.119. The minimum atomic E-state index is -0.517. The van der Waals surface area contributed by atoms with Gasteiger partial charge in [-0.25, -0.2) is 4.98 Å². The van der Waals surface area contributed by atoms with Crippen molar-refractivity contribution in [2.24, 2.45) is 0 Å². The number of thioether (sulfide) groups is 1. The molecule has 0 saturated carbocycles. The zero-order valence-corrected chi connectivity index (χ0v) is 17.0. The van der Waals surface area contributed by atoms with E-state index in [1.807, 2.05) is 37.3 Å². The van der Waals surface area contributed by atoms with E-state index in [0.717, 1.165) is 11.3 Å². The fourth-order valence-electron chi connectivity index (χ4n) is 3.31. The number of rotatable bonds is 4. The third-order valence-corrected chi connectivity index (χ3v) is 5.83. The number of aryl methyl sites for hydroxylation is 2. The zero-order valence-electron chi connectivity index (χ0n) is 16.2. The van der Waals surface area contributed by atoms with E-state index < -0.39 is 6.04 Å². The minimum Gasteiger partial charge on any atom is -0.463 e. The van der Waals surface area contributed by atoms with Gasteiger partial charge in [0.05, 0.1) is 23.4 Å². The number of pyridine rings is 1. The maximum absolute atomic E-state index is 13.2. The van der Waals surface area contributed by atoms with E-state index in [-0.39, 0.29) is 11.8 Å². The van der Waals surface area contributed by atoms with Crippen LogP contribution in [0.2, 0.25) is 0 Å². The fraction of sp³-hybridized carbons (Fsp3) is 0.227. The highest BCUT2D eigenvalue weighted by Crippen LogP contribution is 2.26. The summed E-state index contributed by atoms with van der Waals surface area (Å²) < 4.78 is 5.37. The molecule has 0 bridgehead atoms. The second-order valence-corrected chi connectivity index (χ2v) is 7.96. The van der Waals surface area contributed by atoms with Crippen molar-refractivity contribution in [2.45, 2.75) is 19.9 Å². The van der Waals surface area contributed by atoms with Crippen molar-refractivity contribution in [1.29, 1.82) is 0 Å². The number of nitrogens with zero attached hydrogens (tertiary/aromatic N) is 2. The highest BCUT2D eigenvalue weighted by molar-refractivity contribution is 7.99. The molecule has 7 heteroatoms. The molecule has 0 spiro atoms. The van der Waals surface area contributed by atoms with E-state index in [4.69, 9.17) is 4.42 Å². The number of nitrogens with one attached hydrogen (secondary N) is 1. The quantitative estimate of drug-likeness (QED) is 0.704. The summed E-state index contributed by atoms with van der Waals surface area (Å²) >= 11 is 1.57. The standard InChI is InChI=1S/C22H21N3O3S/c1-14-5-3-6-16(11-14)24-21(26)19-12-29-13-25(19)22(27)17-8-9-18(23-15(17)2)20-7-4-10-28-20/h3-11,19H,12-13H2,1-2H3,(H,24,26). The summed E-state index contributed by atoms with van der Waals surface area (Å²) in [5, 5.41) is 2.93. The summed E-state index contributed by atoms with van der Waals surface area (Å²) in [6, 6.07) is 14.2. The van der Waals surface area contributed by atoms with Crippen LogP contribution in [0.5, 0.6) is 0 Å². The second kappa shape index (κ2) is 8.13. The third kappa shape index (κ3) is 4.05. The molecule has 2 aromatic heterocycles. The van der Waals surface area contributed by atoms with Crippen LogP contribution in [-0.2, 0) is 4.79 Å². The summed E-state index contributed by atoms with van der Waals surface area (Å²) in [6.45, 7) is 3.77. The zero-order chi connectivity index (χ0) is 20.4. The van der Waals surface area contributed by atoms with Crippen LogP contribution in [-0.4, -0.2) is 39.4 Å². The average molecular weight is 407 g/mol. The van der Waals surface area contributed by atoms with Gasteiger partial charge in [0.2, 0.25) is 5.91 Å². The van der Waals surface area contributed by atoms with Gasteiger partial charge >= 0.3 is 0 Å². The van der Waals surface area contributed by atoms with Crippen molar-refractivity contribution < 1.29 is 14.0 Å². The number of amides is 2. The molecular weight excluding hydrogens is 386 g/mol. The molecule has 1 aromatic carbocycles. The molecule has 1 atom stereocenters. The number of anilines is 1.